The smallest absolute Gasteiger partial charge is 0.335 e. The highest BCUT2D eigenvalue weighted by molar-refractivity contribution is 7.92. The van der Waals surface area contributed by atoms with E-state index in [9.17, 15) is 18.3 Å². The van der Waals surface area contributed by atoms with Crippen LogP contribution in [0.4, 0.5) is 0 Å². The minimum Gasteiger partial charge on any atom is -0.478 e. The van der Waals surface area contributed by atoms with E-state index in [2.05, 4.69) is 64.4 Å². The van der Waals surface area contributed by atoms with Crippen LogP contribution in [0.25, 0.3) is 5.57 Å². The zero-order chi connectivity index (χ0) is 36.6. The molecule has 4 N–H and O–H groups in total. The van der Waals surface area contributed by atoms with Gasteiger partial charge in [-0.05, 0) is 146 Å². The highest BCUT2D eigenvalue weighted by Gasteiger charge is 2.70. The fraction of sp³-hybridized carbons (Fsp3) is 0.744. The number of nitrogens with one attached hydrogen (secondary N) is 1. The third kappa shape index (κ3) is 4.97. The molecule has 2 heterocycles. The highest BCUT2D eigenvalue weighted by Crippen LogP contribution is 2.76. The molecule has 280 valence electrons. The monoisotopic (exact) mass is 717 g/mol. The van der Waals surface area contributed by atoms with Gasteiger partial charge < -0.3 is 16.2 Å². The number of fused-ring (bicyclic) bond motifs is 9. The molecule has 6 fully saturated rings. The maximum atomic E-state index is 12.5. The van der Waals surface area contributed by atoms with Crippen molar-refractivity contribution in [1.82, 2.24) is 10.2 Å². The van der Waals surface area contributed by atoms with Crippen LogP contribution in [0.3, 0.4) is 0 Å². The van der Waals surface area contributed by atoms with Gasteiger partial charge in [0, 0.05) is 25.2 Å². The van der Waals surface area contributed by atoms with Crippen molar-refractivity contribution >= 4 is 21.4 Å². The maximum Gasteiger partial charge on any atom is 0.335 e. The number of benzene rings is 1. The lowest BCUT2D eigenvalue weighted by atomic mass is 9.33. The maximum absolute atomic E-state index is 12.5. The second-order valence-electron chi connectivity index (χ2n) is 19.9. The van der Waals surface area contributed by atoms with Crippen molar-refractivity contribution < 1.29 is 18.3 Å². The quantitative estimate of drug-likeness (QED) is 0.250. The Hall–Kier alpha value is -2.00. The second kappa shape index (κ2) is 11.5. The summed E-state index contributed by atoms with van der Waals surface area (Å²) in [7, 11) is -3.05. The van der Waals surface area contributed by atoms with Crippen molar-refractivity contribution in [3.05, 3.63) is 53.6 Å². The predicted octanol–water partition coefficient (Wildman–Crippen LogP) is 7.54. The van der Waals surface area contributed by atoms with E-state index in [1.165, 1.54) is 68.1 Å². The summed E-state index contributed by atoms with van der Waals surface area (Å²) in [6.07, 6.45) is 14.1. The summed E-state index contributed by atoms with van der Waals surface area (Å²) < 4.78 is 25.0. The van der Waals surface area contributed by atoms with Crippen LogP contribution in [-0.4, -0.2) is 66.2 Å². The first-order valence-corrected chi connectivity index (χ1v) is 21.7. The fourth-order valence-electron chi connectivity index (χ4n) is 15.0. The molecule has 0 amide bonds. The first kappa shape index (κ1) is 36.0. The fourth-order valence-corrected chi connectivity index (χ4v) is 17.2. The van der Waals surface area contributed by atoms with Crippen LogP contribution in [0, 0.1) is 51.2 Å². The summed E-state index contributed by atoms with van der Waals surface area (Å²) in [5.41, 5.74) is 11.1. The lowest BCUT2D eigenvalue weighted by Crippen LogP contribution is -2.68. The van der Waals surface area contributed by atoms with Crippen LogP contribution in [0.5, 0.6) is 0 Å². The summed E-state index contributed by atoms with van der Waals surface area (Å²) in [4.78, 5) is 13.8. The lowest BCUT2D eigenvalue weighted by molar-refractivity contribution is -0.219. The van der Waals surface area contributed by atoms with E-state index in [0.717, 1.165) is 19.5 Å². The van der Waals surface area contributed by atoms with Gasteiger partial charge in [0.2, 0.25) is 0 Å². The molecule has 8 rings (SSSR count). The SMILES string of the molecule is C=C(C)[C@@H]1CC[C@]2(NCCN3C[C@H]4C[C@]3(N)CS4(=O)=O)CC[C@]3(C)[C@H](CC[C@@H]4[C@@]5(C)CC=C(c6ccc(C(=O)O)cc6)C(C)(C)[C@@H]5CC[C@]43C)[C@@H]12. The molecule has 2 bridgehead atoms. The molecule has 5 aliphatic carbocycles. The third-order valence-electron chi connectivity index (χ3n) is 17.5. The van der Waals surface area contributed by atoms with E-state index in [1.54, 1.807) is 12.1 Å². The van der Waals surface area contributed by atoms with E-state index in [-0.39, 0.29) is 38.2 Å². The molecule has 0 aromatic heterocycles. The molecule has 7 aliphatic rings. The molecule has 8 heteroatoms. The normalized spacial score (nSPS) is 46.4. The second-order valence-corrected chi connectivity index (χ2v) is 22.2. The van der Waals surface area contributed by atoms with Crippen molar-refractivity contribution in [2.75, 3.05) is 25.4 Å². The predicted molar refractivity (Wildman–Crippen MR) is 205 cm³/mol. The molecule has 11 atom stereocenters. The van der Waals surface area contributed by atoms with Gasteiger partial charge in [-0.3, -0.25) is 4.90 Å². The lowest BCUT2D eigenvalue weighted by Gasteiger charge is -2.72. The number of hydrogen-bond acceptors (Lipinski definition) is 6. The van der Waals surface area contributed by atoms with Crippen molar-refractivity contribution in [2.45, 2.75) is 122 Å². The Balaban J connectivity index is 1.05. The van der Waals surface area contributed by atoms with Gasteiger partial charge in [0.15, 0.2) is 9.84 Å². The Bertz CT molecular complexity index is 1770. The van der Waals surface area contributed by atoms with Crippen molar-refractivity contribution in [1.29, 1.82) is 0 Å². The number of carbonyl (C=O) groups is 1. The number of carboxylic acids is 1. The Morgan fingerprint density at radius 1 is 0.980 bits per heavy atom. The van der Waals surface area contributed by atoms with Gasteiger partial charge >= 0.3 is 5.97 Å². The largest absolute Gasteiger partial charge is 0.478 e. The molecular formula is C43H63N3O4S. The molecule has 2 aliphatic heterocycles. The van der Waals surface area contributed by atoms with Crippen LogP contribution in [0.1, 0.15) is 122 Å². The minimum absolute atomic E-state index is 0.0000970. The Labute approximate surface area is 307 Å². The summed E-state index contributed by atoms with van der Waals surface area (Å²) >= 11 is 0. The molecule has 0 radical (unpaired) electrons. The van der Waals surface area contributed by atoms with E-state index >= 15 is 0 Å². The van der Waals surface area contributed by atoms with Gasteiger partial charge in [-0.25, -0.2) is 13.2 Å². The number of rotatable bonds is 7. The Morgan fingerprint density at radius 3 is 2.33 bits per heavy atom. The summed E-state index contributed by atoms with van der Waals surface area (Å²) in [6.45, 7) is 22.1. The number of carboxylic acid groups (broad SMARTS) is 1. The number of likely N-dealkylation sites (tertiary alicyclic amines) is 1. The molecule has 4 saturated carbocycles. The number of allylic oxidation sites excluding steroid dienone is 3. The Morgan fingerprint density at radius 2 is 1.71 bits per heavy atom. The average Bonchev–Trinajstić information content (AvgIpc) is 3.67. The van der Waals surface area contributed by atoms with Crippen molar-refractivity contribution in [3.8, 4) is 0 Å². The number of nitrogens with two attached hydrogens (primary N) is 1. The molecule has 1 aromatic rings. The number of nitrogens with zero attached hydrogens (tertiary/aromatic N) is 1. The molecule has 0 unspecified atom stereocenters. The minimum atomic E-state index is -3.05. The molecule has 1 aromatic carbocycles. The number of hydrogen-bond donors (Lipinski definition) is 3. The highest BCUT2D eigenvalue weighted by atomic mass is 32.2. The number of aromatic carboxylic acids is 1. The van der Waals surface area contributed by atoms with Crippen molar-refractivity contribution in [3.63, 3.8) is 0 Å². The first-order valence-electron chi connectivity index (χ1n) is 20.0. The van der Waals surface area contributed by atoms with Gasteiger partial charge in [0.25, 0.3) is 0 Å². The van der Waals surface area contributed by atoms with Gasteiger partial charge in [0.05, 0.1) is 22.2 Å². The van der Waals surface area contributed by atoms with Gasteiger partial charge in [-0.15, -0.1) is 0 Å². The van der Waals surface area contributed by atoms with E-state index in [0.29, 0.717) is 48.1 Å². The van der Waals surface area contributed by atoms with Crippen LogP contribution >= 0.6 is 0 Å². The standard InChI is InChI=1S/C43H63N3O4S/c1-27(2)31-14-19-42(45-22-23-46-25-30-24-43(46,44)26-51(30,49)50)21-20-40(6)33(36(31)42)12-13-35-39(5)17-15-32(28-8-10-29(11-9-28)37(47)48)38(3,4)34(39)16-18-41(35,40)7/h8-11,15,30-31,33-36,45H,1,12-14,16-26,44H2,2-7H3,(H,47,48)/t30-,31+,33-,34+,35-,36-,39+,40-,41-,42+,43-/m1/s1. The zero-order valence-electron chi connectivity index (χ0n) is 32.1. The van der Waals surface area contributed by atoms with Crippen LogP contribution in [0.15, 0.2) is 42.5 Å². The van der Waals surface area contributed by atoms with E-state index in [4.69, 9.17) is 5.73 Å². The molecule has 2 saturated heterocycles. The van der Waals surface area contributed by atoms with Crippen LogP contribution in [-0.2, 0) is 9.84 Å². The topological polar surface area (TPSA) is 113 Å². The molecule has 0 spiro atoms. The molecule has 51 heavy (non-hydrogen) atoms. The van der Waals surface area contributed by atoms with Crippen molar-refractivity contribution in [2.24, 2.45) is 57.0 Å². The van der Waals surface area contributed by atoms with E-state index < -0.39 is 21.5 Å². The van der Waals surface area contributed by atoms with Gasteiger partial charge in [-0.2, -0.15) is 0 Å². The van der Waals surface area contributed by atoms with Gasteiger partial charge in [0.1, 0.15) is 0 Å². The molecule has 7 nitrogen and oxygen atoms in total. The van der Waals surface area contributed by atoms with Gasteiger partial charge in [-0.1, -0.05) is 65.0 Å². The van der Waals surface area contributed by atoms with E-state index in [1.807, 2.05) is 12.1 Å². The van der Waals surface area contributed by atoms with Crippen LogP contribution < -0.4 is 11.1 Å². The average molecular weight is 718 g/mol. The molecular weight excluding hydrogens is 655 g/mol. The third-order valence-corrected chi connectivity index (χ3v) is 19.8. The summed E-state index contributed by atoms with van der Waals surface area (Å²) in [6, 6.07) is 7.57. The van der Waals surface area contributed by atoms with Crippen LogP contribution in [0.2, 0.25) is 0 Å². The summed E-state index contributed by atoms with van der Waals surface area (Å²) in [5.74, 6) is 2.21. The Kier molecular flexibility index (Phi) is 8.12. The number of sulfone groups is 1. The summed E-state index contributed by atoms with van der Waals surface area (Å²) in [5, 5.41) is 13.4. The zero-order valence-corrected chi connectivity index (χ0v) is 32.9. The first-order chi connectivity index (χ1) is 23.8.